The van der Waals surface area contributed by atoms with Crippen LogP contribution in [0.15, 0.2) is 66.7 Å². The SMILES string of the molecule is CN(C)c1ccc(NC(=O)COc2ccc(Cl)cc2)cc1C(=O)NCc1ccc(F)cc1. The number of halogens is 2. The highest BCUT2D eigenvalue weighted by atomic mass is 35.5. The Morgan fingerprint density at radius 2 is 1.69 bits per heavy atom. The molecule has 0 atom stereocenters. The van der Waals surface area contributed by atoms with Gasteiger partial charge in [0.15, 0.2) is 6.61 Å². The number of rotatable bonds is 8. The Morgan fingerprint density at radius 1 is 1.00 bits per heavy atom. The summed E-state index contributed by atoms with van der Waals surface area (Å²) in [6, 6.07) is 17.7. The number of amides is 2. The fourth-order valence-electron chi connectivity index (χ4n) is 2.94. The lowest BCUT2D eigenvalue weighted by atomic mass is 10.1. The highest BCUT2D eigenvalue weighted by Gasteiger charge is 2.15. The monoisotopic (exact) mass is 455 g/mol. The minimum absolute atomic E-state index is 0.191. The van der Waals surface area contributed by atoms with Crippen LogP contribution < -0.4 is 20.3 Å². The summed E-state index contributed by atoms with van der Waals surface area (Å²) in [6.45, 7) is 0.0562. The average Bonchev–Trinajstić information content (AvgIpc) is 2.78. The van der Waals surface area contributed by atoms with Crippen molar-refractivity contribution in [1.29, 1.82) is 0 Å². The number of ether oxygens (including phenoxy) is 1. The maximum absolute atomic E-state index is 13.1. The first-order chi connectivity index (χ1) is 15.3. The lowest BCUT2D eigenvalue weighted by molar-refractivity contribution is -0.118. The Balaban J connectivity index is 1.66. The minimum atomic E-state index is -0.366. The van der Waals surface area contributed by atoms with Gasteiger partial charge in [-0.1, -0.05) is 23.7 Å². The van der Waals surface area contributed by atoms with Gasteiger partial charge in [0.05, 0.1) is 5.56 Å². The Labute approximate surface area is 191 Å². The molecule has 0 aliphatic heterocycles. The van der Waals surface area contributed by atoms with Crippen molar-refractivity contribution in [1.82, 2.24) is 5.32 Å². The molecule has 166 valence electrons. The fourth-order valence-corrected chi connectivity index (χ4v) is 3.07. The Bertz CT molecular complexity index is 1090. The van der Waals surface area contributed by atoms with Crippen LogP contribution in [0.3, 0.4) is 0 Å². The highest BCUT2D eigenvalue weighted by molar-refractivity contribution is 6.30. The van der Waals surface area contributed by atoms with Gasteiger partial charge < -0.3 is 20.3 Å². The van der Waals surface area contributed by atoms with Gasteiger partial charge in [-0.2, -0.15) is 0 Å². The summed E-state index contributed by atoms with van der Waals surface area (Å²) in [7, 11) is 3.65. The molecule has 0 saturated heterocycles. The fraction of sp³-hybridized carbons (Fsp3) is 0.167. The van der Waals surface area contributed by atoms with Gasteiger partial charge in [-0.05, 0) is 60.2 Å². The van der Waals surface area contributed by atoms with Crippen molar-refractivity contribution in [2.45, 2.75) is 6.54 Å². The first-order valence-electron chi connectivity index (χ1n) is 9.84. The number of anilines is 2. The predicted octanol–water partition coefficient (Wildman–Crippen LogP) is 4.49. The Kier molecular flexibility index (Phi) is 7.68. The van der Waals surface area contributed by atoms with E-state index >= 15 is 0 Å². The number of benzene rings is 3. The smallest absolute Gasteiger partial charge is 0.262 e. The molecule has 0 spiro atoms. The molecule has 0 fully saturated rings. The van der Waals surface area contributed by atoms with Gasteiger partial charge in [0.2, 0.25) is 0 Å². The van der Waals surface area contributed by atoms with Crippen molar-refractivity contribution >= 4 is 34.8 Å². The van der Waals surface area contributed by atoms with Crippen LogP contribution in [0.5, 0.6) is 5.75 Å². The second-order valence-electron chi connectivity index (χ2n) is 7.23. The zero-order valence-electron chi connectivity index (χ0n) is 17.7. The zero-order chi connectivity index (χ0) is 23.1. The second kappa shape index (κ2) is 10.6. The summed E-state index contributed by atoms with van der Waals surface area (Å²) in [5, 5.41) is 6.14. The first-order valence-corrected chi connectivity index (χ1v) is 10.2. The van der Waals surface area contributed by atoms with Crippen LogP contribution in [0.1, 0.15) is 15.9 Å². The third-order valence-corrected chi connectivity index (χ3v) is 4.81. The Hall–Kier alpha value is -3.58. The van der Waals surface area contributed by atoms with Crippen LogP contribution in [0, 0.1) is 5.82 Å². The van der Waals surface area contributed by atoms with Crippen LogP contribution in [0.25, 0.3) is 0 Å². The van der Waals surface area contributed by atoms with Gasteiger partial charge in [0.25, 0.3) is 11.8 Å². The molecule has 8 heteroatoms. The summed E-state index contributed by atoms with van der Waals surface area (Å²) in [5.41, 5.74) is 2.33. The minimum Gasteiger partial charge on any atom is -0.484 e. The van der Waals surface area contributed by atoms with Gasteiger partial charge in [-0.15, -0.1) is 0 Å². The van der Waals surface area contributed by atoms with Crippen molar-refractivity contribution in [2.24, 2.45) is 0 Å². The third-order valence-electron chi connectivity index (χ3n) is 4.56. The third kappa shape index (κ3) is 6.46. The van der Waals surface area contributed by atoms with E-state index in [2.05, 4.69) is 10.6 Å². The molecule has 0 aromatic heterocycles. The van der Waals surface area contributed by atoms with E-state index in [-0.39, 0.29) is 30.8 Å². The van der Waals surface area contributed by atoms with E-state index in [0.29, 0.717) is 27.7 Å². The molecule has 3 aromatic carbocycles. The maximum Gasteiger partial charge on any atom is 0.262 e. The summed E-state index contributed by atoms with van der Waals surface area (Å²) >= 11 is 5.83. The number of nitrogens with one attached hydrogen (secondary N) is 2. The van der Waals surface area contributed by atoms with E-state index in [4.69, 9.17) is 16.3 Å². The quantitative estimate of drug-likeness (QED) is 0.525. The molecule has 0 radical (unpaired) electrons. The van der Waals surface area contributed by atoms with Crippen LogP contribution in [-0.4, -0.2) is 32.5 Å². The largest absolute Gasteiger partial charge is 0.484 e. The van der Waals surface area contributed by atoms with Crippen molar-refractivity contribution in [3.05, 3.63) is 88.7 Å². The van der Waals surface area contributed by atoms with Gasteiger partial charge >= 0.3 is 0 Å². The van der Waals surface area contributed by atoms with Crippen LogP contribution in [-0.2, 0) is 11.3 Å². The van der Waals surface area contributed by atoms with E-state index < -0.39 is 0 Å². The topological polar surface area (TPSA) is 70.7 Å². The lowest BCUT2D eigenvalue weighted by Gasteiger charge is -2.18. The number of carbonyl (C=O) groups is 2. The zero-order valence-corrected chi connectivity index (χ0v) is 18.4. The van der Waals surface area contributed by atoms with Crippen molar-refractivity contribution in [3.8, 4) is 5.75 Å². The maximum atomic E-state index is 13.1. The molecule has 0 aliphatic rings. The summed E-state index contributed by atoms with van der Waals surface area (Å²) in [4.78, 5) is 26.9. The molecule has 3 rings (SSSR count). The highest BCUT2D eigenvalue weighted by Crippen LogP contribution is 2.23. The van der Waals surface area contributed by atoms with Crippen LogP contribution in [0.4, 0.5) is 15.8 Å². The van der Waals surface area contributed by atoms with Crippen molar-refractivity contribution in [3.63, 3.8) is 0 Å². The number of hydrogen-bond donors (Lipinski definition) is 2. The molecule has 32 heavy (non-hydrogen) atoms. The number of nitrogens with zero attached hydrogens (tertiary/aromatic N) is 1. The molecule has 2 amide bonds. The molecular weight excluding hydrogens is 433 g/mol. The van der Waals surface area contributed by atoms with E-state index in [9.17, 15) is 14.0 Å². The standard InChI is InChI=1S/C24H23ClFN3O3/c1-29(2)22-12-9-19(28-23(30)15-32-20-10-5-17(25)6-11-20)13-21(22)24(31)27-14-16-3-7-18(26)8-4-16/h3-13H,14-15H2,1-2H3,(H,27,31)(H,28,30). The molecule has 3 aromatic rings. The van der Waals surface area contributed by atoms with Crippen LogP contribution >= 0.6 is 11.6 Å². The normalized spacial score (nSPS) is 10.4. The van der Waals surface area contributed by atoms with Crippen LogP contribution in [0.2, 0.25) is 5.02 Å². The molecule has 6 nitrogen and oxygen atoms in total. The summed E-state index contributed by atoms with van der Waals surface area (Å²) in [6.07, 6.45) is 0. The van der Waals surface area contributed by atoms with E-state index in [0.717, 1.165) is 5.56 Å². The number of carbonyl (C=O) groups excluding carboxylic acids is 2. The van der Waals surface area contributed by atoms with E-state index in [1.165, 1.54) is 12.1 Å². The average molecular weight is 456 g/mol. The van der Waals surface area contributed by atoms with E-state index in [1.54, 1.807) is 54.6 Å². The first kappa shape index (κ1) is 23.1. The summed E-state index contributed by atoms with van der Waals surface area (Å²) < 4.78 is 18.5. The molecular formula is C24H23ClFN3O3. The van der Waals surface area contributed by atoms with Gasteiger partial charge in [0.1, 0.15) is 11.6 Å². The van der Waals surface area contributed by atoms with Gasteiger partial charge in [-0.3, -0.25) is 9.59 Å². The molecule has 0 saturated carbocycles. The Morgan fingerprint density at radius 3 is 2.34 bits per heavy atom. The predicted molar refractivity (Wildman–Crippen MR) is 124 cm³/mol. The molecule has 2 N–H and O–H groups in total. The van der Waals surface area contributed by atoms with Gasteiger partial charge in [0, 0.05) is 37.0 Å². The lowest BCUT2D eigenvalue weighted by Crippen LogP contribution is -2.26. The van der Waals surface area contributed by atoms with Crippen molar-refractivity contribution < 1.29 is 18.7 Å². The molecule has 0 heterocycles. The van der Waals surface area contributed by atoms with Crippen molar-refractivity contribution in [2.75, 3.05) is 30.9 Å². The molecule has 0 bridgehead atoms. The summed E-state index contributed by atoms with van der Waals surface area (Å²) in [5.74, 6) is -0.492. The van der Waals surface area contributed by atoms with E-state index in [1.807, 2.05) is 19.0 Å². The molecule has 0 aliphatic carbocycles. The number of hydrogen-bond acceptors (Lipinski definition) is 4. The second-order valence-corrected chi connectivity index (χ2v) is 7.66. The van der Waals surface area contributed by atoms with Gasteiger partial charge in [-0.25, -0.2) is 4.39 Å². The molecule has 0 unspecified atom stereocenters.